The Kier molecular flexibility index (Phi) is 3.90. The average molecular weight is 320 g/mol. The zero-order valence-corrected chi connectivity index (χ0v) is 13.9. The molecule has 2 aromatic rings. The van der Waals surface area contributed by atoms with Gasteiger partial charge in [0.1, 0.15) is 4.83 Å². The minimum absolute atomic E-state index is 0.0239. The molecular formula is C15H20N4O2S. The van der Waals surface area contributed by atoms with Crippen LogP contribution in [0.15, 0.2) is 4.79 Å². The monoisotopic (exact) mass is 320 g/mol. The predicted octanol–water partition coefficient (Wildman–Crippen LogP) is 1.37. The number of nitrogens with one attached hydrogen (secondary N) is 1. The summed E-state index contributed by atoms with van der Waals surface area (Å²) in [4.78, 5) is 32.5. The van der Waals surface area contributed by atoms with Crippen molar-refractivity contribution >= 4 is 33.4 Å². The lowest BCUT2D eigenvalue weighted by Crippen LogP contribution is -2.31. The Labute approximate surface area is 132 Å². The van der Waals surface area contributed by atoms with Gasteiger partial charge in [0.25, 0.3) is 5.56 Å². The van der Waals surface area contributed by atoms with Crippen molar-refractivity contribution in [2.24, 2.45) is 7.05 Å². The van der Waals surface area contributed by atoms with E-state index in [1.165, 1.54) is 26.3 Å². The number of nitrogens with zero attached hydrogens (tertiary/aromatic N) is 3. The maximum atomic E-state index is 12.7. The standard InChI is InChI=1S/C15H20N4O2S/c1-18(2)11(20)8-16-15-17-13-12(14(21)19(15)3)9-6-4-5-7-10(9)22-13/h4-8H2,1-3H3,(H,16,17). The average Bonchev–Trinajstić information content (AvgIpc) is 2.87. The molecule has 0 bridgehead atoms. The molecular weight excluding hydrogens is 300 g/mol. The smallest absolute Gasteiger partial charge is 0.263 e. The molecule has 3 rings (SSSR count). The number of aryl methyl sites for hydroxylation is 2. The van der Waals surface area contributed by atoms with E-state index in [1.54, 1.807) is 32.5 Å². The Hall–Kier alpha value is -1.89. The second-order valence-corrected chi connectivity index (χ2v) is 6.92. The molecule has 0 aliphatic heterocycles. The van der Waals surface area contributed by atoms with E-state index >= 15 is 0 Å². The lowest BCUT2D eigenvalue weighted by molar-refractivity contribution is -0.126. The Morgan fingerprint density at radius 1 is 1.36 bits per heavy atom. The molecule has 1 N–H and O–H groups in total. The molecule has 2 heterocycles. The highest BCUT2D eigenvalue weighted by atomic mass is 32.1. The second-order valence-electron chi connectivity index (χ2n) is 5.83. The zero-order chi connectivity index (χ0) is 15.9. The third-order valence-electron chi connectivity index (χ3n) is 4.09. The van der Waals surface area contributed by atoms with Crippen molar-refractivity contribution in [3.05, 3.63) is 20.8 Å². The van der Waals surface area contributed by atoms with Gasteiger partial charge in [-0.2, -0.15) is 0 Å². The van der Waals surface area contributed by atoms with Gasteiger partial charge in [0.2, 0.25) is 11.9 Å². The van der Waals surface area contributed by atoms with Gasteiger partial charge in [0.15, 0.2) is 0 Å². The molecule has 1 amide bonds. The van der Waals surface area contributed by atoms with Gasteiger partial charge in [0, 0.05) is 26.0 Å². The minimum Gasteiger partial charge on any atom is -0.347 e. The molecule has 2 aromatic heterocycles. The third-order valence-corrected chi connectivity index (χ3v) is 5.28. The first-order valence-electron chi connectivity index (χ1n) is 7.44. The number of anilines is 1. The Morgan fingerprint density at radius 2 is 2.09 bits per heavy atom. The predicted molar refractivity (Wildman–Crippen MR) is 88.7 cm³/mol. The Balaban J connectivity index is 2.01. The normalized spacial score (nSPS) is 14.0. The summed E-state index contributed by atoms with van der Waals surface area (Å²) >= 11 is 1.62. The van der Waals surface area contributed by atoms with Crippen molar-refractivity contribution in [2.75, 3.05) is 26.0 Å². The summed E-state index contributed by atoms with van der Waals surface area (Å²) in [5, 5.41) is 3.74. The third kappa shape index (κ3) is 2.49. The molecule has 118 valence electrons. The van der Waals surface area contributed by atoms with Gasteiger partial charge in [0.05, 0.1) is 11.9 Å². The highest BCUT2D eigenvalue weighted by Gasteiger charge is 2.21. The first-order chi connectivity index (χ1) is 10.5. The molecule has 0 aromatic carbocycles. The van der Waals surface area contributed by atoms with Crippen molar-refractivity contribution in [1.82, 2.24) is 14.5 Å². The van der Waals surface area contributed by atoms with Crippen LogP contribution in [0.4, 0.5) is 5.95 Å². The first-order valence-corrected chi connectivity index (χ1v) is 8.26. The van der Waals surface area contributed by atoms with Gasteiger partial charge in [-0.05, 0) is 31.2 Å². The first kappa shape index (κ1) is 15.0. The van der Waals surface area contributed by atoms with E-state index in [9.17, 15) is 9.59 Å². The summed E-state index contributed by atoms with van der Waals surface area (Å²) in [6, 6.07) is 0. The number of hydrogen-bond acceptors (Lipinski definition) is 5. The van der Waals surface area contributed by atoms with Crippen molar-refractivity contribution in [3.63, 3.8) is 0 Å². The summed E-state index contributed by atoms with van der Waals surface area (Å²) in [5.41, 5.74) is 1.17. The molecule has 0 atom stereocenters. The van der Waals surface area contributed by atoms with Gasteiger partial charge in [-0.25, -0.2) is 4.98 Å². The molecule has 22 heavy (non-hydrogen) atoms. The van der Waals surface area contributed by atoms with E-state index in [2.05, 4.69) is 10.3 Å². The van der Waals surface area contributed by atoms with Crippen LogP contribution in [0.25, 0.3) is 10.2 Å². The highest BCUT2D eigenvalue weighted by molar-refractivity contribution is 7.18. The second kappa shape index (κ2) is 5.72. The van der Waals surface area contributed by atoms with Gasteiger partial charge in [-0.1, -0.05) is 0 Å². The van der Waals surface area contributed by atoms with E-state index in [1.807, 2.05) is 0 Å². The number of hydrogen-bond donors (Lipinski definition) is 1. The number of carbonyl (C=O) groups is 1. The van der Waals surface area contributed by atoms with Crippen LogP contribution in [0.1, 0.15) is 23.3 Å². The summed E-state index contributed by atoms with van der Waals surface area (Å²) < 4.78 is 1.51. The molecule has 7 heteroatoms. The van der Waals surface area contributed by atoms with Crippen molar-refractivity contribution < 1.29 is 4.79 Å². The maximum Gasteiger partial charge on any atom is 0.263 e. The lowest BCUT2D eigenvalue weighted by atomic mass is 9.97. The largest absolute Gasteiger partial charge is 0.347 e. The number of rotatable bonds is 3. The summed E-state index contributed by atoms with van der Waals surface area (Å²) in [6.07, 6.45) is 4.33. The Morgan fingerprint density at radius 3 is 2.82 bits per heavy atom. The summed E-state index contributed by atoms with van der Waals surface area (Å²) in [7, 11) is 5.10. The van der Waals surface area contributed by atoms with Gasteiger partial charge in [-0.3, -0.25) is 14.2 Å². The minimum atomic E-state index is -0.0557. The quantitative estimate of drug-likeness (QED) is 0.927. The molecule has 1 aliphatic carbocycles. The van der Waals surface area contributed by atoms with Crippen LogP contribution in [-0.4, -0.2) is 41.0 Å². The highest BCUT2D eigenvalue weighted by Crippen LogP contribution is 2.34. The van der Waals surface area contributed by atoms with Crippen LogP contribution in [0.5, 0.6) is 0 Å². The van der Waals surface area contributed by atoms with Crippen molar-refractivity contribution in [2.45, 2.75) is 25.7 Å². The maximum absolute atomic E-state index is 12.7. The number of amides is 1. The summed E-state index contributed by atoms with van der Waals surface area (Å²) in [5.74, 6) is 0.395. The van der Waals surface area contributed by atoms with E-state index in [0.29, 0.717) is 5.95 Å². The van der Waals surface area contributed by atoms with Gasteiger partial charge < -0.3 is 10.2 Å². The topological polar surface area (TPSA) is 67.2 Å². The van der Waals surface area contributed by atoms with Crippen molar-refractivity contribution in [1.29, 1.82) is 0 Å². The number of aromatic nitrogens is 2. The molecule has 0 spiro atoms. The van der Waals surface area contributed by atoms with Crippen molar-refractivity contribution in [3.8, 4) is 0 Å². The van der Waals surface area contributed by atoms with Gasteiger partial charge in [-0.15, -0.1) is 11.3 Å². The SMILES string of the molecule is CN(C)C(=O)CNc1nc2sc3c(c2c(=O)n1C)CCCC3. The number of carbonyl (C=O) groups excluding carboxylic acids is 1. The van der Waals surface area contributed by atoms with E-state index < -0.39 is 0 Å². The summed E-state index contributed by atoms with van der Waals surface area (Å²) in [6.45, 7) is 0.129. The van der Waals surface area contributed by atoms with Crippen LogP contribution in [-0.2, 0) is 24.7 Å². The molecule has 0 fully saturated rings. The molecule has 6 nitrogen and oxygen atoms in total. The van der Waals surface area contributed by atoms with Crippen LogP contribution < -0.4 is 10.9 Å². The number of fused-ring (bicyclic) bond motifs is 3. The Bertz CT molecular complexity index is 791. The number of likely N-dealkylation sites (N-methyl/N-ethyl adjacent to an activating group) is 1. The fourth-order valence-electron chi connectivity index (χ4n) is 2.76. The fourth-order valence-corrected chi connectivity index (χ4v) is 4.01. The van der Waals surface area contributed by atoms with E-state index in [4.69, 9.17) is 0 Å². The molecule has 0 saturated carbocycles. The van der Waals surface area contributed by atoms with Gasteiger partial charge >= 0.3 is 0 Å². The molecule has 0 unspecified atom stereocenters. The van der Waals surface area contributed by atoms with Crippen LogP contribution in [0.3, 0.4) is 0 Å². The molecule has 1 aliphatic rings. The van der Waals surface area contributed by atoms with Crippen LogP contribution in [0, 0.1) is 0 Å². The van der Waals surface area contributed by atoms with E-state index in [0.717, 1.165) is 29.5 Å². The zero-order valence-electron chi connectivity index (χ0n) is 13.1. The lowest BCUT2D eigenvalue weighted by Gasteiger charge is -2.13. The van der Waals surface area contributed by atoms with E-state index in [-0.39, 0.29) is 18.0 Å². The number of thiophene rings is 1. The molecule has 0 radical (unpaired) electrons. The fraction of sp³-hybridized carbons (Fsp3) is 0.533. The van der Waals surface area contributed by atoms with Crippen LogP contribution >= 0.6 is 11.3 Å². The molecule has 0 saturated heterocycles. The van der Waals surface area contributed by atoms with Crippen LogP contribution in [0.2, 0.25) is 0 Å².